The summed E-state index contributed by atoms with van der Waals surface area (Å²) in [5, 5.41) is 16.4. The van der Waals surface area contributed by atoms with Crippen molar-refractivity contribution in [2.24, 2.45) is 0 Å². The maximum absolute atomic E-state index is 10.0. The molecule has 0 saturated heterocycles. The molecule has 0 unspecified atom stereocenters. The van der Waals surface area contributed by atoms with E-state index in [1.807, 2.05) is 0 Å². The van der Waals surface area contributed by atoms with Gasteiger partial charge in [0.15, 0.2) is 0 Å². The van der Waals surface area contributed by atoms with Crippen molar-refractivity contribution in [3.63, 3.8) is 0 Å². The molecule has 0 radical (unpaired) electrons. The largest absolute Gasteiger partial charge is 0.388 e. The van der Waals surface area contributed by atoms with Crippen LogP contribution in [0.4, 0.5) is 11.8 Å². The fourth-order valence-corrected chi connectivity index (χ4v) is 2.15. The Kier molecular flexibility index (Phi) is 4.40. The smallest absolute Gasteiger partial charge is 0.224 e. The molecule has 1 aliphatic rings. The molecule has 0 aliphatic heterocycles. The number of aliphatic hydroxyl groups is 1. The van der Waals surface area contributed by atoms with Crippen LogP contribution >= 0.6 is 15.9 Å². The van der Waals surface area contributed by atoms with Crippen molar-refractivity contribution in [3.8, 4) is 0 Å². The van der Waals surface area contributed by atoms with Crippen molar-refractivity contribution < 1.29 is 5.11 Å². The zero-order chi connectivity index (χ0) is 13.0. The topological polar surface area (TPSA) is 70.1 Å². The summed E-state index contributed by atoms with van der Waals surface area (Å²) >= 11 is 3.41. The molecule has 0 bridgehead atoms. The van der Waals surface area contributed by atoms with Gasteiger partial charge in [-0.1, -0.05) is 6.92 Å². The van der Waals surface area contributed by atoms with Crippen LogP contribution < -0.4 is 10.6 Å². The first-order valence-electron chi connectivity index (χ1n) is 6.36. The number of hydrogen-bond donors (Lipinski definition) is 3. The van der Waals surface area contributed by atoms with E-state index in [0.29, 0.717) is 12.5 Å². The zero-order valence-electron chi connectivity index (χ0n) is 10.5. The van der Waals surface area contributed by atoms with E-state index in [4.69, 9.17) is 0 Å². The molecular formula is C12H19BrN4O. The Morgan fingerprint density at radius 2 is 2.22 bits per heavy atom. The van der Waals surface area contributed by atoms with Gasteiger partial charge in [0, 0.05) is 19.3 Å². The van der Waals surface area contributed by atoms with Gasteiger partial charge in [-0.25, -0.2) is 4.98 Å². The number of anilines is 2. The number of rotatable bonds is 6. The summed E-state index contributed by atoms with van der Waals surface area (Å²) in [6.07, 6.45) is 5.58. The van der Waals surface area contributed by atoms with E-state index in [0.717, 1.165) is 42.5 Å². The lowest BCUT2D eigenvalue weighted by Crippen LogP contribution is -2.43. The van der Waals surface area contributed by atoms with E-state index in [-0.39, 0.29) is 0 Å². The molecule has 6 heteroatoms. The SMILES string of the molecule is CCCNc1ncc(Br)c(NCC2(O)CCC2)n1. The molecule has 0 amide bonds. The quantitative estimate of drug-likeness (QED) is 0.752. The van der Waals surface area contributed by atoms with Gasteiger partial charge in [-0.2, -0.15) is 4.98 Å². The van der Waals surface area contributed by atoms with Gasteiger partial charge in [0.25, 0.3) is 0 Å². The van der Waals surface area contributed by atoms with E-state index in [2.05, 4.69) is 43.5 Å². The Morgan fingerprint density at radius 1 is 1.44 bits per heavy atom. The number of aromatic nitrogens is 2. The third-order valence-electron chi connectivity index (χ3n) is 3.15. The van der Waals surface area contributed by atoms with E-state index in [9.17, 15) is 5.11 Å². The van der Waals surface area contributed by atoms with Gasteiger partial charge in [0.1, 0.15) is 5.82 Å². The first kappa shape index (κ1) is 13.5. The molecule has 1 fully saturated rings. The van der Waals surface area contributed by atoms with Crippen LogP contribution in [0.1, 0.15) is 32.6 Å². The van der Waals surface area contributed by atoms with Crippen LogP contribution in [0.5, 0.6) is 0 Å². The Balaban J connectivity index is 1.97. The number of halogens is 1. The Morgan fingerprint density at radius 3 is 2.83 bits per heavy atom. The fourth-order valence-electron chi connectivity index (χ4n) is 1.82. The second-order valence-corrected chi connectivity index (χ2v) is 5.60. The summed E-state index contributed by atoms with van der Waals surface area (Å²) in [7, 11) is 0. The van der Waals surface area contributed by atoms with Gasteiger partial charge in [0.05, 0.1) is 10.1 Å². The van der Waals surface area contributed by atoms with Crippen LogP contribution in [0.3, 0.4) is 0 Å². The van der Waals surface area contributed by atoms with Gasteiger partial charge < -0.3 is 15.7 Å². The Bertz CT molecular complexity index is 409. The summed E-state index contributed by atoms with van der Waals surface area (Å²) < 4.78 is 0.812. The van der Waals surface area contributed by atoms with Crippen LogP contribution in [0.2, 0.25) is 0 Å². The van der Waals surface area contributed by atoms with Gasteiger partial charge in [-0.05, 0) is 41.6 Å². The molecular weight excluding hydrogens is 296 g/mol. The molecule has 100 valence electrons. The zero-order valence-corrected chi connectivity index (χ0v) is 12.1. The summed E-state index contributed by atoms with van der Waals surface area (Å²) in [5.74, 6) is 1.34. The highest BCUT2D eigenvalue weighted by molar-refractivity contribution is 9.10. The molecule has 1 aromatic heterocycles. The summed E-state index contributed by atoms with van der Waals surface area (Å²) in [4.78, 5) is 8.56. The lowest BCUT2D eigenvalue weighted by Gasteiger charge is -2.36. The average molecular weight is 315 g/mol. The van der Waals surface area contributed by atoms with Crippen molar-refractivity contribution in [2.45, 2.75) is 38.2 Å². The normalized spacial score (nSPS) is 17.1. The van der Waals surface area contributed by atoms with E-state index < -0.39 is 5.60 Å². The predicted octanol–water partition coefficient (Wildman–Crippen LogP) is 2.39. The molecule has 5 nitrogen and oxygen atoms in total. The molecule has 1 aliphatic carbocycles. The lowest BCUT2D eigenvalue weighted by molar-refractivity contribution is -0.0202. The number of nitrogens with zero attached hydrogens (tertiary/aromatic N) is 2. The van der Waals surface area contributed by atoms with E-state index in [1.165, 1.54) is 0 Å². The maximum atomic E-state index is 10.0. The van der Waals surface area contributed by atoms with Crippen LogP contribution in [-0.2, 0) is 0 Å². The Labute approximate surface area is 116 Å². The minimum absolute atomic E-state index is 0.538. The van der Waals surface area contributed by atoms with E-state index >= 15 is 0 Å². The summed E-state index contributed by atoms with van der Waals surface area (Å²) in [5.41, 5.74) is -0.554. The molecule has 3 N–H and O–H groups in total. The highest BCUT2D eigenvalue weighted by atomic mass is 79.9. The van der Waals surface area contributed by atoms with Crippen LogP contribution in [0.15, 0.2) is 10.7 Å². The van der Waals surface area contributed by atoms with Crippen LogP contribution in [-0.4, -0.2) is 33.8 Å². The number of hydrogen-bond acceptors (Lipinski definition) is 5. The minimum Gasteiger partial charge on any atom is -0.388 e. The first-order valence-corrected chi connectivity index (χ1v) is 7.15. The van der Waals surface area contributed by atoms with Crippen molar-refractivity contribution in [1.29, 1.82) is 0 Å². The first-order chi connectivity index (χ1) is 8.63. The van der Waals surface area contributed by atoms with Crippen molar-refractivity contribution in [2.75, 3.05) is 23.7 Å². The molecule has 2 rings (SSSR count). The van der Waals surface area contributed by atoms with Crippen molar-refractivity contribution in [3.05, 3.63) is 10.7 Å². The molecule has 1 saturated carbocycles. The second-order valence-electron chi connectivity index (χ2n) is 4.75. The second kappa shape index (κ2) is 5.84. The Hall–Kier alpha value is -0.880. The number of nitrogens with one attached hydrogen (secondary N) is 2. The summed E-state index contributed by atoms with van der Waals surface area (Å²) in [6.45, 7) is 3.48. The maximum Gasteiger partial charge on any atom is 0.224 e. The monoisotopic (exact) mass is 314 g/mol. The third kappa shape index (κ3) is 3.32. The highest BCUT2D eigenvalue weighted by Gasteiger charge is 2.34. The minimum atomic E-state index is -0.554. The van der Waals surface area contributed by atoms with E-state index in [1.54, 1.807) is 6.20 Å². The molecule has 18 heavy (non-hydrogen) atoms. The van der Waals surface area contributed by atoms with Crippen molar-refractivity contribution >= 4 is 27.7 Å². The molecule has 1 aromatic rings. The average Bonchev–Trinajstić information content (AvgIpc) is 2.34. The molecule has 0 aromatic carbocycles. The van der Waals surface area contributed by atoms with Crippen LogP contribution in [0, 0.1) is 0 Å². The standard InChI is InChI=1S/C12H19BrN4O/c1-2-6-14-11-15-7-9(13)10(17-11)16-8-12(18)4-3-5-12/h7,18H,2-6,8H2,1H3,(H2,14,15,16,17). The molecule has 0 atom stereocenters. The van der Waals surface area contributed by atoms with Gasteiger partial charge in [-0.3, -0.25) is 0 Å². The molecule has 0 spiro atoms. The lowest BCUT2D eigenvalue weighted by atomic mass is 9.80. The van der Waals surface area contributed by atoms with Gasteiger partial charge in [0.2, 0.25) is 5.95 Å². The van der Waals surface area contributed by atoms with Crippen molar-refractivity contribution in [1.82, 2.24) is 9.97 Å². The van der Waals surface area contributed by atoms with Gasteiger partial charge in [-0.15, -0.1) is 0 Å². The van der Waals surface area contributed by atoms with Gasteiger partial charge >= 0.3 is 0 Å². The highest BCUT2D eigenvalue weighted by Crippen LogP contribution is 2.32. The predicted molar refractivity (Wildman–Crippen MR) is 75.8 cm³/mol. The fraction of sp³-hybridized carbons (Fsp3) is 0.667. The molecule has 1 heterocycles. The van der Waals surface area contributed by atoms with Crippen LogP contribution in [0.25, 0.3) is 0 Å². The summed E-state index contributed by atoms with van der Waals surface area (Å²) in [6, 6.07) is 0. The third-order valence-corrected chi connectivity index (χ3v) is 3.73.